The first-order chi connectivity index (χ1) is 10.3. The summed E-state index contributed by atoms with van der Waals surface area (Å²) >= 11 is 6.02. The van der Waals surface area contributed by atoms with E-state index in [0.29, 0.717) is 17.8 Å². The highest BCUT2D eigenvalue weighted by Gasteiger charge is 2.15. The number of sulfone groups is 1. The van der Waals surface area contributed by atoms with Crippen molar-refractivity contribution in [2.75, 3.05) is 23.9 Å². The Labute approximate surface area is 134 Å². The monoisotopic (exact) mass is 340 g/mol. The number of aliphatic hydroxyl groups excluding tert-OH is 1. The molecule has 0 atom stereocenters. The van der Waals surface area contributed by atoms with Gasteiger partial charge in [-0.05, 0) is 36.2 Å². The Kier molecular flexibility index (Phi) is 4.95. The second-order valence-electron chi connectivity index (χ2n) is 4.94. The predicted molar refractivity (Wildman–Crippen MR) is 89.5 cm³/mol. The van der Waals surface area contributed by atoms with E-state index in [1.807, 2.05) is 24.3 Å². The van der Waals surface area contributed by atoms with E-state index in [1.54, 1.807) is 0 Å². The van der Waals surface area contributed by atoms with Gasteiger partial charge in [-0.15, -0.1) is 0 Å². The van der Waals surface area contributed by atoms with E-state index in [9.17, 15) is 8.42 Å². The van der Waals surface area contributed by atoms with Crippen molar-refractivity contribution in [3.05, 3.63) is 47.0 Å². The summed E-state index contributed by atoms with van der Waals surface area (Å²) in [6.07, 6.45) is 1.68. The van der Waals surface area contributed by atoms with Crippen LogP contribution >= 0.6 is 11.6 Å². The molecular formula is C15H17ClN2O3S. The first-order valence-corrected chi connectivity index (χ1v) is 8.84. The molecule has 22 heavy (non-hydrogen) atoms. The van der Waals surface area contributed by atoms with Crippen LogP contribution in [0.3, 0.4) is 0 Å². The Morgan fingerprint density at radius 2 is 1.86 bits per heavy atom. The molecule has 0 amide bonds. The van der Waals surface area contributed by atoms with Crippen molar-refractivity contribution in [3.63, 3.8) is 0 Å². The van der Waals surface area contributed by atoms with Crippen molar-refractivity contribution in [1.82, 2.24) is 0 Å². The highest BCUT2D eigenvalue weighted by Crippen LogP contribution is 2.32. The molecule has 0 saturated carbocycles. The molecule has 118 valence electrons. The smallest absolute Gasteiger partial charge is 0.177 e. The number of aliphatic hydroxyl groups is 1. The summed E-state index contributed by atoms with van der Waals surface area (Å²) in [6.45, 7) is 0.0995. The number of rotatable bonds is 5. The van der Waals surface area contributed by atoms with Gasteiger partial charge in [0, 0.05) is 18.6 Å². The van der Waals surface area contributed by atoms with Gasteiger partial charge in [-0.1, -0.05) is 23.7 Å². The van der Waals surface area contributed by atoms with Crippen molar-refractivity contribution in [2.24, 2.45) is 0 Å². The topological polar surface area (TPSA) is 92.4 Å². The number of hydrogen-bond donors (Lipinski definition) is 3. The third-order valence-corrected chi connectivity index (χ3v) is 4.70. The molecule has 0 radical (unpaired) electrons. The predicted octanol–water partition coefficient (Wildman–Crippen LogP) is 2.60. The van der Waals surface area contributed by atoms with Crippen molar-refractivity contribution < 1.29 is 13.5 Å². The van der Waals surface area contributed by atoms with Crippen LogP contribution in [0.1, 0.15) is 5.56 Å². The summed E-state index contributed by atoms with van der Waals surface area (Å²) in [6, 6.07) is 10.3. The molecule has 2 aromatic carbocycles. The average Bonchev–Trinajstić information content (AvgIpc) is 2.43. The largest absolute Gasteiger partial charge is 0.397 e. The van der Waals surface area contributed by atoms with Gasteiger partial charge < -0.3 is 16.2 Å². The summed E-state index contributed by atoms with van der Waals surface area (Å²) in [5.74, 6) is 0. The maximum absolute atomic E-state index is 11.6. The SMILES string of the molecule is CS(=O)(=O)c1cc(N)c(Nc2ccc(CCO)cc2)cc1Cl. The molecule has 0 unspecified atom stereocenters. The molecule has 5 nitrogen and oxygen atoms in total. The van der Waals surface area contributed by atoms with Crippen molar-refractivity contribution >= 4 is 38.5 Å². The molecule has 2 aromatic rings. The van der Waals surface area contributed by atoms with Gasteiger partial charge in [0.25, 0.3) is 0 Å². The lowest BCUT2D eigenvalue weighted by molar-refractivity contribution is 0.299. The zero-order chi connectivity index (χ0) is 16.3. The lowest BCUT2D eigenvalue weighted by atomic mass is 10.1. The Balaban J connectivity index is 2.28. The molecule has 0 fully saturated rings. The molecule has 7 heteroatoms. The van der Waals surface area contributed by atoms with Crippen molar-refractivity contribution in [1.29, 1.82) is 0 Å². The van der Waals surface area contributed by atoms with Crippen LogP contribution in [0.4, 0.5) is 17.1 Å². The van der Waals surface area contributed by atoms with Crippen LogP contribution in [0, 0.1) is 0 Å². The number of anilines is 3. The van der Waals surface area contributed by atoms with Gasteiger partial charge in [-0.25, -0.2) is 8.42 Å². The Bertz CT molecular complexity index is 774. The Morgan fingerprint density at radius 1 is 1.23 bits per heavy atom. The molecule has 0 saturated heterocycles. The molecule has 0 aromatic heterocycles. The first kappa shape index (κ1) is 16.6. The maximum Gasteiger partial charge on any atom is 0.177 e. The standard InChI is InChI=1S/C15H17ClN2O3S/c1-22(20,21)15-9-13(17)14(8-12(15)16)18-11-4-2-10(3-5-11)6-7-19/h2-5,8-9,18-19H,6-7,17H2,1H3. The zero-order valence-corrected chi connectivity index (χ0v) is 13.6. The van der Waals surface area contributed by atoms with E-state index in [2.05, 4.69) is 5.32 Å². The first-order valence-electron chi connectivity index (χ1n) is 6.57. The molecule has 4 N–H and O–H groups in total. The normalized spacial score (nSPS) is 11.4. The van der Waals surface area contributed by atoms with E-state index < -0.39 is 9.84 Å². The van der Waals surface area contributed by atoms with Gasteiger partial charge in [0.15, 0.2) is 9.84 Å². The number of benzene rings is 2. The van der Waals surface area contributed by atoms with Crippen LogP contribution in [-0.4, -0.2) is 26.4 Å². The summed E-state index contributed by atoms with van der Waals surface area (Å²) in [7, 11) is -3.42. The lowest BCUT2D eigenvalue weighted by Crippen LogP contribution is -2.03. The van der Waals surface area contributed by atoms with Crippen LogP contribution in [0.5, 0.6) is 0 Å². The van der Waals surface area contributed by atoms with E-state index in [4.69, 9.17) is 22.4 Å². The number of hydrogen-bond acceptors (Lipinski definition) is 5. The minimum absolute atomic E-state index is 0.00973. The molecule has 2 rings (SSSR count). The lowest BCUT2D eigenvalue weighted by Gasteiger charge is -2.12. The quantitative estimate of drug-likeness (QED) is 0.727. The highest BCUT2D eigenvalue weighted by molar-refractivity contribution is 7.90. The van der Waals surface area contributed by atoms with Crippen molar-refractivity contribution in [3.8, 4) is 0 Å². The molecule has 0 aliphatic carbocycles. The number of nitrogens with two attached hydrogens (primary N) is 1. The number of nitrogens with one attached hydrogen (secondary N) is 1. The van der Waals surface area contributed by atoms with Gasteiger partial charge in [-0.3, -0.25) is 0 Å². The van der Waals surface area contributed by atoms with Crippen LogP contribution in [0.15, 0.2) is 41.3 Å². The molecule has 0 aliphatic rings. The Hall–Kier alpha value is -1.76. The number of nitrogen functional groups attached to an aromatic ring is 1. The maximum atomic E-state index is 11.6. The van der Waals surface area contributed by atoms with E-state index in [0.717, 1.165) is 17.5 Å². The number of halogens is 1. The van der Waals surface area contributed by atoms with Crippen LogP contribution in [0.25, 0.3) is 0 Å². The van der Waals surface area contributed by atoms with E-state index in [1.165, 1.54) is 12.1 Å². The minimum Gasteiger partial charge on any atom is -0.397 e. The van der Waals surface area contributed by atoms with Crippen LogP contribution < -0.4 is 11.1 Å². The average molecular weight is 341 g/mol. The summed E-state index contributed by atoms with van der Waals surface area (Å²) in [4.78, 5) is 0.00973. The van der Waals surface area contributed by atoms with Gasteiger partial charge in [0.2, 0.25) is 0 Å². The van der Waals surface area contributed by atoms with Crippen LogP contribution in [-0.2, 0) is 16.3 Å². The molecule has 0 aliphatic heterocycles. The molecule has 0 heterocycles. The molecule has 0 bridgehead atoms. The molecule has 0 spiro atoms. The second kappa shape index (κ2) is 6.56. The van der Waals surface area contributed by atoms with Crippen LogP contribution in [0.2, 0.25) is 5.02 Å². The Morgan fingerprint density at radius 3 is 2.41 bits per heavy atom. The summed E-state index contributed by atoms with van der Waals surface area (Å²) in [5, 5.41) is 12.1. The summed E-state index contributed by atoms with van der Waals surface area (Å²) < 4.78 is 23.2. The van der Waals surface area contributed by atoms with Gasteiger partial charge >= 0.3 is 0 Å². The van der Waals surface area contributed by atoms with Gasteiger partial charge in [-0.2, -0.15) is 0 Å². The third-order valence-electron chi connectivity index (χ3n) is 3.14. The fourth-order valence-electron chi connectivity index (χ4n) is 2.00. The molecular weight excluding hydrogens is 324 g/mol. The zero-order valence-electron chi connectivity index (χ0n) is 12.0. The fraction of sp³-hybridized carbons (Fsp3) is 0.200. The van der Waals surface area contributed by atoms with Gasteiger partial charge in [0.1, 0.15) is 0 Å². The summed E-state index contributed by atoms with van der Waals surface area (Å²) in [5.41, 5.74) is 8.53. The second-order valence-corrected chi connectivity index (χ2v) is 7.33. The van der Waals surface area contributed by atoms with E-state index >= 15 is 0 Å². The third kappa shape index (κ3) is 3.91. The van der Waals surface area contributed by atoms with Gasteiger partial charge in [0.05, 0.1) is 21.3 Å². The van der Waals surface area contributed by atoms with E-state index in [-0.39, 0.29) is 16.5 Å². The fourth-order valence-corrected chi connectivity index (χ4v) is 3.34. The van der Waals surface area contributed by atoms with Crippen molar-refractivity contribution in [2.45, 2.75) is 11.3 Å². The minimum atomic E-state index is -3.42. The highest BCUT2D eigenvalue weighted by atomic mass is 35.5.